The van der Waals surface area contributed by atoms with Gasteiger partial charge in [-0.15, -0.1) is 0 Å². The Morgan fingerprint density at radius 3 is 3.04 bits per heavy atom. The number of hydrogen-bond acceptors (Lipinski definition) is 6. The van der Waals surface area contributed by atoms with Gasteiger partial charge in [0.2, 0.25) is 11.8 Å². The lowest BCUT2D eigenvalue weighted by Gasteiger charge is -2.32. The monoisotopic (exact) mass is 373 g/mol. The highest BCUT2D eigenvalue weighted by Crippen LogP contribution is 2.17. The van der Waals surface area contributed by atoms with Gasteiger partial charge in [-0.3, -0.25) is 4.79 Å². The molecule has 1 aromatic heterocycles. The molecular weight excluding hydrogens is 346 g/mol. The molecular formula is C20H27N3O4. The third kappa shape index (κ3) is 5.61. The van der Waals surface area contributed by atoms with Gasteiger partial charge in [0.25, 0.3) is 0 Å². The van der Waals surface area contributed by atoms with Crippen LogP contribution in [0.3, 0.4) is 0 Å². The van der Waals surface area contributed by atoms with Crippen molar-refractivity contribution in [1.29, 1.82) is 0 Å². The Morgan fingerprint density at radius 2 is 2.22 bits per heavy atom. The lowest BCUT2D eigenvalue weighted by Crippen LogP contribution is -2.43. The van der Waals surface area contributed by atoms with Gasteiger partial charge in [-0.25, -0.2) is 0 Å². The molecule has 7 nitrogen and oxygen atoms in total. The number of aryl methyl sites for hydroxylation is 1. The first-order valence-corrected chi connectivity index (χ1v) is 9.40. The molecule has 1 fully saturated rings. The fourth-order valence-corrected chi connectivity index (χ4v) is 3.22. The van der Waals surface area contributed by atoms with E-state index in [1.54, 1.807) is 7.11 Å². The molecule has 0 radical (unpaired) electrons. The molecule has 146 valence electrons. The minimum absolute atomic E-state index is 0.000459. The van der Waals surface area contributed by atoms with Crippen molar-refractivity contribution < 1.29 is 18.8 Å². The van der Waals surface area contributed by atoms with Gasteiger partial charge in [0.15, 0.2) is 5.82 Å². The number of amides is 1. The fourth-order valence-electron chi connectivity index (χ4n) is 3.22. The van der Waals surface area contributed by atoms with Crippen molar-refractivity contribution in [2.24, 2.45) is 0 Å². The van der Waals surface area contributed by atoms with Gasteiger partial charge < -0.3 is 18.9 Å². The summed E-state index contributed by atoms with van der Waals surface area (Å²) in [5.41, 5.74) is 2.23. The summed E-state index contributed by atoms with van der Waals surface area (Å²) in [6, 6.07) is 8.02. The number of benzene rings is 1. The van der Waals surface area contributed by atoms with Gasteiger partial charge >= 0.3 is 0 Å². The average molecular weight is 373 g/mol. The standard InChI is InChI=1S/C20H27N3O4/c1-15-6-3-4-7-16(15)12-20(24)23-10-5-8-17(13-23)26-14-18-21-19(27-22-18)9-11-25-2/h3-4,6-7,17H,5,8-14H2,1-2H3. The first kappa shape index (κ1) is 19.5. The second-order valence-corrected chi connectivity index (χ2v) is 6.87. The van der Waals surface area contributed by atoms with Crippen molar-refractivity contribution in [3.05, 3.63) is 47.1 Å². The Balaban J connectivity index is 1.48. The summed E-state index contributed by atoms with van der Waals surface area (Å²) in [7, 11) is 1.63. The van der Waals surface area contributed by atoms with E-state index in [9.17, 15) is 4.79 Å². The van der Waals surface area contributed by atoms with Crippen molar-refractivity contribution in [2.75, 3.05) is 26.8 Å². The van der Waals surface area contributed by atoms with Crippen molar-refractivity contribution in [1.82, 2.24) is 15.0 Å². The molecule has 1 atom stereocenters. The number of methoxy groups -OCH3 is 1. The molecule has 0 bridgehead atoms. The molecule has 2 aromatic rings. The van der Waals surface area contributed by atoms with Gasteiger partial charge in [-0.2, -0.15) is 4.98 Å². The van der Waals surface area contributed by atoms with Crippen LogP contribution in [0.25, 0.3) is 0 Å². The van der Waals surface area contributed by atoms with Crippen LogP contribution in [0.2, 0.25) is 0 Å². The summed E-state index contributed by atoms with van der Waals surface area (Å²) in [6.45, 7) is 4.27. The van der Waals surface area contributed by atoms with Crippen molar-refractivity contribution in [3.63, 3.8) is 0 Å². The van der Waals surface area contributed by atoms with E-state index < -0.39 is 0 Å². The highest BCUT2D eigenvalue weighted by atomic mass is 16.5. The van der Waals surface area contributed by atoms with Gasteiger partial charge in [-0.1, -0.05) is 29.4 Å². The molecule has 1 saturated heterocycles. The summed E-state index contributed by atoms with van der Waals surface area (Å²) < 4.78 is 16.1. The maximum atomic E-state index is 12.7. The van der Waals surface area contributed by atoms with Gasteiger partial charge in [0.05, 0.1) is 25.6 Å². The lowest BCUT2D eigenvalue weighted by molar-refractivity contribution is -0.135. The topological polar surface area (TPSA) is 77.7 Å². The third-order valence-electron chi connectivity index (χ3n) is 4.81. The molecule has 1 amide bonds. The first-order chi connectivity index (χ1) is 13.2. The number of hydrogen-bond donors (Lipinski definition) is 0. The second-order valence-electron chi connectivity index (χ2n) is 6.87. The van der Waals surface area contributed by atoms with E-state index in [1.165, 1.54) is 0 Å². The van der Waals surface area contributed by atoms with Crippen LogP contribution in [-0.4, -0.2) is 53.9 Å². The van der Waals surface area contributed by atoms with Crippen LogP contribution < -0.4 is 0 Å². The molecule has 0 saturated carbocycles. The van der Waals surface area contributed by atoms with Crippen molar-refractivity contribution >= 4 is 5.91 Å². The Kier molecular flexibility index (Phi) is 6.95. The zero-order valence-electron chi connectivity index (χ0n) is 16.0. The normalized spacial score (nSPS) is 17.3. The highest BCUT2D eigenvalue weighted by molar-refractivity contribution is 5.79. The van der Waals surface area contributed by atoms with Gasteiger partial charge in [-0.05, 0) is 30.9 Å². The molecule has 1 aliphatic heterocycles. The van der Waals surface area contributed by atoms with E-state index >= 15 is 0 Å². The molecule has 1 aromatic carbocycles. The quantitative estimate of drug-likeness (QED) is 0.707. The number of nitrogens with zero attached hydrogens (tertiary/aromatic N) is 3. The molecule has 1 aliphatic rings. The Labute approximate surface area is 159 Å². The molecule has 2 heterocycles. The highest BCUT2D eigenvalue weighted by Gasteiger charge is 2.25. The molecule has 1 unspecified atom stereocenters. The molecule has 0 aliphatic carbocycles. The van der Waals surface area contributed by atoms with Crippen LogP contribution in [-0.2, 0) is 33.7 Å². The first-order valence-electron chi connectivity index (χ1n) is 9.40. The molecule has 27 heavy (non-hydrogen) atoms. The van der Waals surface area contributed by atoms with Crippen LogP contribution in [0.1, 0.15) is 35.7 Å². The van der Waals surface area contributed by atoms with Crippen LogP contribution in [0.5, 0.6) is 0 Å². The van der Waals surface area contributed by atoms with Crippen molar-refractivity contribution in [2.45, 2.75) is 45.3 Å². The summed E-state index contributed by atoms with van der Waals surface area (Å²) in [4.78, 5) is 18.9. The lowest BCUT2D eigenvalue weighted by atomic mass is 10.0. The minimum Gasteiger partial charge on any atom is -0.384 e. The van der Waals surface area contributed by atoms with Crippen molar-refractivity contribution in [3.8, 4) is 0 Å². The number of ether oxygens (including phenoxy) is 2. The number of rotatable bonds is 8. The zero-order chi connectivity index (χ0) is 19.1. The Bertz CT molecular complexity index is 746. The zero-order valence-corrected chi connectivity index (χ0v) is 16.0. The van der Waals surface area contributed by atoms with E-state index in [1.807, 2.05) is 36.1 Å². The Morgan fingerprint density at radius 1 is 1.37 bits per heavy atom. The Hall–Kier alpha value is -2.25. The van der Waals surface area contributed by atoms with E-state index in [2.05, 4.69) is 10.1 Å². The van der Waals surface area contributed by atoms with E-state index in [0.717, 1.165) is 30.5 Å². The van der Waals surface area contributed by atoms with Crippen LogP contribution in [0, 0.1) is 6.92 Å². The predicted octanol–water partition coefficient (Wildman–Crippen LogP) is 2.32. The molecule has 0 N–H and O–H groups in total. The summed E-state index contributed by atoms with van der Waals surface area (Å²) >= 11 is 0. The predicted molar refractivity (Wildman–Crippen MR) is 99.2 cm³/mol. The molecule has 3 rings (SSSR count). The maximum Gasteiger partial charge on any atom is 0.229 e. The third-order valence-corrected chi connectivity index (χ3v) is 4.81. The summed E-state index contributed by atoms with van der Waals surface area (Å²) in [5.74, 6) is 1.23. The van der Waals surface area contributed by atoms with E-state index in [0.29, 0.717) is 44.3 Å². The largest absolute Gasteiger partial charge is 0.384 e. The van der Waals surface area contributed by atoms with E-state index in [-0.39, 0.29) is 12.0 Å². The van der Waals surface area contributed by atoms with Gasteiger partial charge in [0.1, 0.15) is 6.61 Å². The average Bonchev–Trinajstić information content (AvgIpc) is 3.14. The second kappa shape index (κ2) is 9.62. The summed E-state index contributed by atoms with van der Waals surface area (Å²) in [6.07, 6.45) is 2.90. The van der Waals surface area contributed by atoms with Crippen LogP contribution in [0.4, 0.5) is 0 Å². The molecule has 0 spiro atoms. The number of likely N-dealkylation sites (tertiary alicyclic amines) is 1. The van der Waals surface area contributed by atoms with Gasteiger partial charge in [0, 0.05) is 20.2 Å². The number of aromatic nitrogens is 2. The number of carbonyl (C=O) groups excluding carboxylic acids is 1. The van der Waals surface area contributed by atoms with Crippen LogP contribution in [0.15, 0.2) is 28.8 Å². The smallest absolute Gasteiger partial charge is 0.229 e. The fraction of sp³-hybridized carbons (Fsp3) is 0.550. The minimum atomic E-state index is 0.000459. The van der Waals surface area contributed by atoms with E-state index in [4.69, 9.17) is 14.0 Å². The summed E-state index contributed by atoms with van der Waals surface area (Å²) in [5, 5.41) is 3.93. The molecule has 7 heteroatoms. The van der Waals surface area contributed by atoms with Crippen LogP contribution >= 0.6 is 0 Å². The SMILES string of the molecule is COCCc1nc(COC2CCCN(C(=O)Cc3ccccc3C)C2)no1. The maximum absolute atomic E-state index is 12.7. The number of carbonyl (C=O) groups is 1. The number of piperidine rings is 1.